The summed E-state index contributed by atoms with van der Waals surface area (Å²) in [7, 11) is 0. The predicted octanol–water partition coefficient (Wildman–Crippen LogP) is -4.60. The Kier molecular flexibility index (Phi) is 16.8. The largest absolute Gasteiger partial charge is 0.480 e. The number of primary amides is 1. The Labute approximate surface area is 272 Å². The van der Waals surface area contributed by atoms with Crippen LogP contribution in [0.2, 0.25) is 0 Å². The maximum absolute atomic E-state index is 13.5. The van der Waals surface area contributed by atoms with Crippen molar-refractivity contribution in [3.8, 4) is 0 Å². The summed E-state index contributed by atoms with van der Waals surface area (Å²) >= 11 is 0. The first-order valence-corrected chi connectivity index (χ1v) is 15.2. The molecule has 8 amide bonds. The van der Waals surface area contributed by atoms with Gasteiger partial charge in [-0.1, -0.05) is 27.7 Å². The highest BCUT2D eigenvalue weighted by Gasteiger charge is 2.39. The summed E-state index contributed by atoms with van der Waals surface area (Å²) in [5.74, 6) is -7.70. The van der Waals surface area contributed by atoms with Crippen molar-refractivity contribution in [3.05, 3.63) is 0 Å². The van der Waals surface area contributed by atoms with E-state index in [0.717, 1.165) is 0 Å². The molecule has 47 heavy (non-hydrogen) atoms. The van der Waals surface area contributed by atoms with Crippen molar-refractivity contribution in [3.63, 3.8) is 0 Å². The number of nitrogens with two attached hydrogens (primary N) is 2. The van der Waals surface area contributed by atoms with Gasteiger partial charge in [0.2, 0.25) is 47.3 Å². The fourth-order valence-electron chi connectivity index (χ4n) is 4.64. The van der Waals surface area contributed by atoms with Crippen LogP contribution >= 0.6 is 0 Å². The molecule has 0 saturated carbocycles. The topological polar surface area (TPSA) is 301 Å². The third-order valence-corrected chi connectivity index (χ3v) is 7.13. The van der Waals surface area contributed by atoms with E-state index < -0.39 is 109 Å². The number of hydrogen-bond donors (Lipinski definition) is 9. The van der Waals surface area contributed by atoms with Gasteiger partial charge in [-0.15, -0.1) is 0 Å². The molecule has 1 fully saturated rings. The number of nitrogens with zero attached hydrogens (tertiary/aromatic N) is 1. The molecular formula is C28H47N9O10. The van der Waals surface area contributed by atoms with E-state index in [-0.39, 0.29) is 32.4 Å². The van der Waals surface area contributed by atoms with Gasteiger partial charge in [0.25, 0.3) is 0 Å². The molecule has 1 aliphatic rings. The van der Waals surface area contributed by atoms with Crippen LogP contribution in [0.3, 0.4) is 0 Å². The van der Waals surface area contributed by atoms with Crippen molar-refractivity contribution in [1.29, 1.82) is 0 Å². The molecule has 0 aromatic rings. The number of carboxylic acid groups (broad SMARTS) is 1. The first kappa shape index (κ1) is 40.2. The predicted molar refractivity (Wildman–Crippen MR) is 164 cm³/mol. The van der Waals surface area contributed by atoms with Gasteiger partial charge >= 0.3 is 5.97 Å². The number of hydrogen-bond acceptors (Lipinski definition) is 10. The van der Waals surface area contributed by atoms with E-state index in [9.17, 15) is 43.2 Å². The summed E-state index contributed by atoms with van der Waals surface area (Å²) in [6.07, 6.45) is 0.219. The second-order valence-corrected chi connectivity index (χ2v) is 11.6. The molecule has 0 radical (unpaired) electrons. The third-order valence-electron chi connectivity index (χ3n) is 7.13. The summed E-state index contributed by atoms with van der Waals surface area (Å²) in [5.41, 5.74) is 10.4. The van der Waals surface area contributed by atoms with E-state index in [0.29, 0.717) is 6.42 Å². The van der Waals surface area contributed by atoms with Crippen LogP contribution in [0, 0.1) is 11.8 Å². The summed E-state index contributed by atoms with van der Waals surface area (Å²) in [5, 5.41) is 23.3. The van der Waals surface area contributed by atoms with Gasteiger partial charge in [-0.05, 0) is 31.1 Å². The van der Waals surface area contributed by atoms with Crippen LogP contribution in [0.4, 0.5) is 0 Å². The van der Waals surface area contributed by atoms with Gasteiger partial charge < -0.3 is 53.4 Å². The number of carbonyl (C=O) groups excluding carboxylic acids is 8. The van der Waals surface area contributed by atoms with Crippen LogP contribution in [-0.2, 0) is 43.2 Å². The average molecular weight is 670 g/mol. The van der Waals surface area contributed by atoms with E-state index in [2.05, 4.69) is 31.9 Å². The van der Waals surface area contributed by atoms with Crippen molar-refractivity contribution in [2.24, 2.45) is 23.3 Å². The second-order valence-electron chi connectivity index (χ2n) is 11.6. The van der Waals surface area contributed by atoms with Crippen LogP contribution in [0.5, 0.6) is 0 Å². The smallest absolute Gasteiger partial charge is 0.322 e. The van der Waals surface area contributed by atoms with Crippen molar-refractivity contribution in [2.75, 3.05) is 32.7 Å². The van der Waals surface area contributed by atoms with Crippen LogP contribution in [0.25, 0.3) is 0 Å². The molecule has 0 spiro atoms. The SMILES string of the molecule is CC(C)[C@H](NC(=O)CNC(=O)CN)C(=O)NCC(=O)N[C@H](C(=O)N[C@@H](CCC(N)=O)C(=O)N1CCC[C@H]1C(=O)NCC(=O)O)C(C)C. The fraction of sp³-hybridized carbons (Fsp3) is 0.679. The van der Waals surface area contributed by atoms with Gasteiger partial charge in [0.05, 0.1) is 19.6 Å². The molecule has 4 atom stereocenters. The third kappa shape index (κ3) is 14.0. The molecule has 0 unspecified atom stereocenters. The quantitative estimate of drug-likeness (QED) is 0.0630. The minimum absolute atomic E-state index is 0.150. The Morgan fingerprint density at radius 1 is 0.766 bits per heavy atom. The maximum Gasteiger partial charge on any atom is 0.322 e. The lowest BCUT2D eigenvalue weighted by Gasteiger charge is -2.30. The molecule has 19 nitrogen and oxygen atoms in total. The summed E-state index contributed by atoms with van der Waals surface area (Å²) in [4.78, 5) is 112. The fourth-order valence-corrected chi connectivity index (χ4v) is 4.64. The van der Waals surface area contributed by atoms with Gasteiger partial charge in [-0.2, -0.15) is 0 Å². The minimum Gasteiger partial charge on any atom is -0.480 e. The zero-order valence-electron chi connectivity index (χ0n) is 27.1. The van der Waals surface area contributed by atoms with Crippen LogP contribution in [0.1, 0.15) is 53.4 Å². The maximum atomic E-state index is 13.5. The van der Waals surface area contributed by atoms with Crippen LogP contribution < -0.4 is 43.4 Å². The molecular weight excluding hydrogens is 622 g/mol. The Hall–Kier alpha value is -4.81. The number of likely N-dealkylation sites (tertiary alicyclic amines) is 1. The van der Waals surface area contributed by atoms with Gasteiger partial charge in [-0.3, -0.25) is 43.2 Å². The zero-order chi connectivity index (χ0) is 35.8. The molecule has 11 N–H and O–H groups in total. The van der Waals surface area contributed by atoms with Gasteiger partial charge in [0.1, 0.15) is 30.7 Å². The standard InChI is InChI=1S/C28H47N9O10/c1-14(2)23(35-20(40)11-31-19(39)10-29)26(45)32-12-21(41)36-24(15(3)4)27(46)34-16(7-8-18(30)38)28(47)37-9-5-6-17(37)25(44)33-13-22(42)43/h14-17,23-24H,5-13,29H2,1-4H3,(H2,30,38)(H,31,39)(H,32,45)(H,33,44)(H,34,46)(H,35,40)(H,36,41)(H,42,43)/t16-,17-,23-,24-/m0/s1. The molecule has 19 heteroatoms. The molecule has 264 valence electrons. The molecule has 0 aromatic carbocycles. The first-order chi connectivity index (χ1) is 22.0. The number of carbonyl (C=O) groups is 9. The van der Waals surface area contributed by atoms with E-state index in [1.807, 2.05) is 0 Å². The summed E-state index contributed by atoms with van der Waals surface area (Å²) in [6, 6.07) is -4.52. The molecule has 0 aliphatic carbocycles. The number of carboxylic acids is 1. The molecule has 1 saturated heterocycles. The lowest BCUT2D eigenvalue weighted by molar-refractivity contribution is -0.143. The van der Waals surface area contributed by atoms with Crippen LogP contribution in [0.15, 0.2) is 0 Å². The Morgan fingerprint density at radius 3 is 1.83 bits per heavy atom. The number of amides is 8. The highest BCUT2D eigenvalue weighted by molar-refractivity contribution is 5.96. The van der Waals surface area contributed by atoms with Crippen molar-refractivity contribution < 1.29 is 48.3 Å². The van der Waals surface area contributed by atoms with Crippen LogP contribution in [-0.4, -0.2) is 120 Å². The zero-order valence-corrected chi connectivity index (χ0v) is 27.1. The molecule has 1 rings (SSSR count). The minimum atomic E-state index is -1.30. The average Bonchev–Trinajstić information content (AvgIpc) is 3.50. The lowest BCUT2D eigenvalue weighted by Crippen LogP contribution is -2.58. The molecule has 1 aliphatic heterocycles. The highest BCUT2D eigenvalue weighted by Crippen LogP contribution is 2.20. The van der Waals surface area contributed by atoms with Gasteiger partial charge in [0, 0.05) is 13.0 Å². The van der Waals surface area contributed by atoms with E-state index in [4.69, 9.17) is 16.6 Å². The number of aliphatic carboxylic acids is 1. The Bertz CT molecular complexity index is 1190. The molecule has 0 aromatic heterocycles. The first-order valence-electron chi connectivity index (χ1n) is 15.2. The monoisotopic (exact) mass is 669 g/mol. The normalized spacial score (nSPS) is 16.0. The Morgan fingerprint density at radius 2 is 1.32 bits per heavy atom. The number of nitrogens with one attached hydrogen (secondary N) is 6. The van der Waals surface area contributed by atoms with E-state index in [1.165, 1.54) is 4.90 Å². The Balaban J connectivity index is 2.93. The van der Waals surface area contributed by atoms with Crippen molar-refractivity contribution in [2.45, 2.75) is 77.5 Å². The van der Waals surface area contributed by atoms with Crippen molar-refractivity contribution >= 4 is 53.2 Å². The second kappa shape index (κ2) is 19.6. The molecule has 0 bridgehead atoms. The van der Waals surface area contributed by atoms with Gasteiger partial charge in [0.15, 0.2) is 0 Å². The molecule has 1 heterocycles. The van der Waals surface area contributed by atoms with Crippen molar-refractivity contribution in [1.82, 2.24) is 36.8 Å². The van der Waals surface area contributed by atoms with Gasteiger partial charge in [-0.25, -0.2) is 0 Å². The van der Waals surface area contributed by atoms with E-state index in [1.54, 1.807) is 27.7 Å². The summed E-state index contributed by atoms with van der Waals surface area (Å²) in [6.45, 7) is 4.79. The summed E-state index contributed by atoms with van der Waals surface area (Å²) < 4.78 is 0. The number of rotatable bonds is 19. The lowest BCUT2D eigenvalue weighted by atomic mass is 10.0. The van der Waals surface area contributed by atoms with E-state index >= 15 is 0 Å². The highest BCUT2D eigenvalue weighted by atomic mass is 16.4.